The number of carbonyl (C=O) groups excluding carboxylic acids is 1. The molecule has 2 heterocycles. The summed E-state index contributed by atoms with van der Waals surface area (Å²) in [7, 11) is 0. The van der Waals surface area contributed by atoms with E-state index in [4.69, 9.17) is 14.2 Å². The molecule has 6 nitrogen and oxygen atoms in total. The molecule has 4 rings (SSSR count). The molecule has 1 aliphatic heterocycles. The Hall–Kier alpha value is -2.80. The SMILES string of the molecule is CC(C)(C)OC(=O)n1nc(-c2ccc3c(c2)OCO3)cc1-c1cccc(Br)c1. The van der Waals surface area contributed by atoms with E-state index in [0.29, 0.717) is 22.9 Å². The molecule has 0 atom stereocenters. The summed E-state index contributed by atoms with van der Waals surface area (Å²) in [5, 5.41) is 4.53. The number of halogens is 1. The highest BCUT2D eigenvalue weighted by molar-refractivity contribution is 9.10. The van der Waals surface area contributed by atoms with E-state index in [-0.39, 0.29) is 6.79 Å². The predicted octanol–water partition coefficient (Wildman–Crippen LogP) is 5.49. The summed E-state index contributed by atoms with van der Waals surface area (Å²) in [5.41, 5.74) is 2.32. The second kappa shape index (κ2) is 6.98. The van der Waals surface area contributed by atoms with Gasteiger partial charge in [0.25, 0.3) is 0 Å². The van der Waals surface area contributed by atoms with Gasteiger partial charge in [0.05, 0.1) is 11.4 Å². The molecule has 28 heavy (non-hydrogen) atoms. The van der Waals surface area contributed by atoms with Crippen LogP contribution in [0.4, 0.5) is 4.79 Å². The smallest absolute Gasteiger partial charge is 0.435 e. The minimum atomic E-state index is -0.628. The lowest BCUT2D eigenvalue weighted by molar-refractivity contribution is 0.0518. The zero-order valence-electron chi connectivity index (χ0n) is 15.7. The van der Waals surface area contributed by atoms with Crippen LogP contribution in [0.2, 0.25) is 0 Å². The van der Waals surface area contributed by atoms with E-state index in [1.807, 2.05) is 69.3 Å². The van der Waals surface area contributed by atoms with E-state index in [2.05, 4.69) is 21.0 Å². The molecule has 0 unspecified atom stereocenters. The van der Waals surface area contributed by atoms with Gasteiger partial charge in [0.2, 0.25) is 6.79 Å². The lowest BCUT2D eigenvalue weighted by Gasteiger charge is -2.19. The van der Waals surface area contributed by atoms with Crippen molar-refractivity contribution in [3.8, 4) is 34.0 Å². The number of hydrogen-bond acceptors (Lipinski definition) is 5. The second-order valence-corrected chi connectivity index (χ2v) is 8.30. The Kier molecular flexibility index (Phi) is 4.63. The summed E-state index contributed by atoms with van der Waals surface area (Å²) >= 11 is 3.48. The summed E-state index contributed by atoms with van der Waals surface area (Å²) in [6, 6.07) is 15.1. The molecular formula is C21H19BrN2O4. The quantitative estimate of drug-likeness (QED) is 0.524. The molecule has 0 N–H and O–H groups in total. The Morgan fingerprint density at radius 1 is 1.07 bits per heavy atom. The Bertz CT molecular complexity index is 1050. The summed E-state index contributed by atoms with van der Waals surface area (Å²) in [4.78, 5) is 12.8. The van der Waals surface area contributed by atoms with Gasteiger partial charge < -0.3 is 14.2 Å². The van der Waals surface area contributed by atoms with E-state index in [9.17, 15) is 4.79 Å². The van der Waals surface area contributed by atoms with Gasteiger partial charge in [-0.25, -0.2) is 4.79 Å². The molecule has 1 aliphatic rings. The highest BCUT2D eigenvalue weighted by Crippen LogP contribution is 2.36. The van der Waals surface area contributed by atoms with Crippen molar-refractivity contribution in [3.63, 3.8) is 0 Å². The molecule has 1 aromatic heterocycles. The highest BCUT2D eigenvalue weighted by atomic mass is 79.9. The fourth-order valence-corrected chi connectivity index (χ4v) is 3.28. The maximum Gasteiger partial charge on any atom is 0.435 e. The number of benzene rings is 2. The molecule has 0 spiro atoms. The molecule has 0 saturated carbocycles. The van der Waals surface area contributed by atoms with Crippen molar-refractivity contribution >= 4 is 22.0 Å². The van der Waals surface area contributed by atoms with Gasteiger partial charge in [0, 0.05) is 15.6 Å². The third kappa shape index (κ3) is 3.75. The standard InChI is InChI=1S/C21H19BrN2O4/c1-21(2,3)28-20(25)24-17(14-5-4-6-15(22)9-14)11-16(23-24)13-7-8-18-19(10-13)27-12-26-18/h4-11H,12H2,1-3H3. The largest absolute Gasteiger partial charge is 0.454 e. The number of hydrogen-bond donors (Lipinski definition) is 0. The molecule has 0 saturated heterocycles. The van der Waals surface area contributed by atoms with Crippen molar-refractivity contribution in [2.24, 2.45) is 0 Å². The zero-order chi connectivity index (χ0) is 19.9. The number of carbonyl (C=O) groups is 1. The molecule has 2 aromatic carbocycles. The van der Waals surface area contributed by atoms with Crippen LogP contribution in [0.15, 0.2) is 53.0 Å². The lowest BCUT2D eigenvalue weighted by atomic mass is 10.1. The van der Waals surface area contributed by atoms with Crippen LogP contribution in [0.1, 0.15) is 20.8 Å². The van der Waals surface area contributed by atoms with Gasteiger partial charge in [-0.05, 0) is 57.2 Å². The third-order valence-corrected chi connectivity index (χ3v) is 4.56. The Labute approximate surface area is 171 Å². The summed E-state index contributed by atoms with van der Waals surface area (Å²) in [5.74, 6) is 1.36. The van der Waals surface area contributed by atoms with Crippen molar-refractivity contribution in [1.29, 1.82) is 0 Å². The van der Waals surface area contributed by atoms with Crippen LogP contribution in [-0.4, -0.2) is 28.3 Å². The summed E-state index contributed by atoms with van der Waals surface area (Å²) in [6.07, 6.45) is -0.533. The Morgan fingerprint density at radius 3 is 2.61 bits per heavy atom. The first-order chi connectivity index (χ1) is 13.3. The van der Waals surface area contributed by atoms with Gasteiger partial charge >= 0.3 is 6.09 Å². The number of ether oxygens (including phenoxy) is 3. The number of aromatic nitrogens is 2. The molecule has 144 valence electrons. The first-order valence-corrected chi connectivity index (χ1v) is 9.59. The molecule has 7 heteroatoms. The molecular weight excluding hydrogens is 424 g/mol. The van der Waals surface area contributed by atoms with Crippen molar-refractivity contribution in [2.75, 3.05) is 6.79 Å². The number of fused-ring (bicyclic) bond motifs is 1. The van der Waals surface area contributed by atoms with Gasteiger partial charge in [0.15, 0.2) is 11.5 Å². The van der Waals surface area contributed by atoms with Crippen LogP contribution in [0.3, 0.4) is 0 Å². The van der Waals surface area contributed by atoms with E-state index < -0.39 is 11.7 Å². The Morgan fingerprint density at radius 2 is 1.86 bits per heavy atom. The minimum Gasteiger partial charge on any atom is -0.454 e. The van der Waals surface area contributed by atoms with Crippen molar-refractivity contribution in [2.45, 2.75) is 26.4 Å². The van der Waals surface area contributed by atoms with Gasteiger partial charge in [0.1, 0.15) is 5.60 Å². The van der Waals surface area contributed by atoms with E-state index in [1.54, 1.807) is 0 Å². The van der Waals surface area contributed by atoms with Crippen LogP contribution in [0.25, 0.3) is 22.5 Å². The molecule has 0 aliphatic carbocycles. The fraction of sp³-hybridized carbons (Fsp3) is 0.238. The van der Waals surface area contributed by atoms with E-state index in [0.717, 1.165) is 15.6 Å². The number of nitrogens with zero attached hydrogens (tertiary/aromatic N) is 2. The molecule has 0 radical (unpaired) electrons. The lowest BCUT2D eigenvalue weighted by Crippen LogP contribution is -2.28. The molecule has 3 aromatic rings. The zero-order valence-corrected chi connectivity index (χ0v) is 17.3. The monoisotopic (exact) mass is 442 g/mol. The van der Waals surface area contributed by atoms with Gasteiger partial charge in [-0.2, -0.15) is 9.78 Å². The maximum atomic E-state index is 12.8. The van der Waals surface area contributed by atoms with Crippen LogP contribution in [0, 0.1) is 0 Å². The normalized spacial score (nSPS) is 12.9. The molecule has 0 bridgehead atoms. The summed E-state index contributed by atoms with van der Waals surface area (Å²) in [6.45, 7) is 5.68. The number of rotatable bonds is 2. The van der Waals surface area contributed by atoms with Crippen molar-refractivity contribution < 1.29 is 19.0 Å². The predicted molar refractivity (Wildman–Crippen MR) is 109 cm³/mol. The minimum absolute atomic E-state index is 0.203. The molecule has 0 amide bonds. The fourth-order valence-electron chi connectivity index (χ4n) is 2.88. The van der Waals surface area contributed by atoms with Crippen LogP contribution in [0.5, 0.6) is 11.5 Å². The summed E-state index contributed by atoms with van der Waals surface area (Å²) < 4.78 is 18.6. The van der Waals surface area contributed by atoms with Crippen LogP contribution in [-0.2, 0) is 4.74 Å². The first kappa shape index (κ1) is 18.6. The Balaban J connectivity index is 1.81. The second-order valence-electron chi connectivity index (χ2n) is 7.39. The van der Waals surface area contributed by atoms with E-state index >= 15 is 0 Å². The van der Waals surface area contributed by atoms with Crippen molar-refractivity contribution in [1.82, 2.24) is 9.78 Å². The first-order valence-electron chi connectivity index (χ1n) is 8.79. The average molecular weight is 443 g/mol. The van der Waals surface area contributed by atoms with Gasteiger partial charge in [-0.3, -0.25) is 0 Å². The third-order valence-electron chi connectivity index (χ3n) is 4.06. The topological polar surface area (TPSA) is 62.6 Å². The van der Waals surface area contributed by atoms with Crippen molar-refractivity contribution in [3.05, 3.63) is 53.0 Å². The van der Waals surface area contributed by atoms with Gasteiger partial charge in [-0.15, -0.1) is 0 Å². The van der Waals surface area contributed by atoms with Gasteiger partial charge in [-0.1, -0.05) is 28.1 Å². The van der Waals surface area contributed by atoms with Crippen LogP contribution >= 0.6 is 15.9 Å². The van der Waals surface area contributed by atoms with Crippen LogP contribution < -0.4 is 9.47 Å². The maximum absolute atomic E-state index is 12.8. The average Bonchev–Trinajstić information content (AvgIpc) is 3.26. The van der Waals surface area contributed by atoms with E-state index in [1.165, 1.54) is 4.68 Å². The highest BCUT2D eigenvalue weighted by Gasteiger charge is 2.24. The molecule has 0 fully saturated rings.